The molecular formula is C12H20O5. The maximum atomic E-state index is 11.8. The topological polar surface area (TPSA) is 65.0 Å². The van der Waals surface area contributed by atoms with Gasteiger partial charge < -0.3 is 19.3 Å². The van der Waals surface area contributed by atoms with Crippen LogP contribution in [-0.4, -0.2) is 48.2 Å². The molecule has 0 amide bonds. The molecule has 2 heterocycles. The lowest BCUT2D eigenvalue weighted by Crippen LogP contribution is -2.45. The van der Waals surface area contributed by atoms with E-state index in [1.54, 1.807) is 27.7 Å². The second kappa shape index (κ2) is 3.93. The van der Waals surface area contributed by atoms with Gasteiger partial charge in [0.15, 0.2) is 6.10 Å². The van der Waals surface area contributed by atoms with Crippen LogP contribution in [-0.2, 0) is 19.0 Å². The van der Waals surface area contributed by atoms with E-state index in [2.05, 4.69) is 0 Å². The minimum absolute atomic E-state index is 0.227. The van der Waals surface area contributed by atoms with Crippen LogP contribution in [0.2, 0.25) is 0 Å². The summed E-state index contributed by atoms with van der Waals surface area (Å²) in [4.78, 5) is 11.8. The van der Waals surface area contributed by atoms with E-state index in [1.807, 2.05) is 0 Å². The molecule has 0 aromatic heterocycles. The fourth-order valence-electron chi connectivity index (χ4n) is 2.13. The van der Waals surface area contributed by atoms with Gasteiger partial charge in [0.2, 0.25) is 0 Å². The van der Waals surface area contributed by atoms with E-state index in [0.717, 1.165) is 0 Å². The van der Waals surface area contributed by atoms with Crippen molar-refractivity contribution in [3.05, 3.63) is 0 Å². The van der Waals surface area contributed by atoms with Crippen molar-refractivity contribution in [2.24, 2.45) is 5.41 Å². The summed E-state index contributed by atoms with van der Waals surface area (Å²) in [5.41, 5.74) is -1.29. The molecule has 2 aliphatic rings. The van der Waals surface area contributed by atoms with Gasteiger partial charge in [0, 0.05) is 0 Å². The number of hydrogen-bond donors (Lipinski definition) is 1. The Hall–Kier alpha value is -0.650. The van der Waals surface area contributed by atoms with Gasteiger partial charge in [-0.3, -0.25) is 4.79 Å². The first kappa shape index (κ1) is 12.8. The Bertz CT molecular complexity index is 321. The molecular weight excluding hydrogens is 224 g/mol. The van der Waals surface area contributed by atoms with Crippen LogP contribution in [0.15, 0.2) is 0 Å². The molecule has 0 aromatic carbocycles. The van der Waals surface area contributed by atoms with E-state index < -0.39 is 23.2 Å². The van der Waals surface area contributed by atoms with Crippen molar-refractivity contribution in [2.45, 2.75) is 51.6 Å². The number of fused-ring (bicyclic) bond motifs is 1. The number of aliphatic hydroxyl groups is 1. The van der Waals surface area contributed by atoms with E-state index in [0.29, 0.717) is 0 Å². The van der Waals surface area contributed by atoms with Gasteiger partial charge in [0.25, 0.3) is 0 Å². The Morgan fingerprint density at radius 2 is 2.06 bits per heavy atom. The first-order valence-electron chi connectivity index (χ1n) is 5.90. The molecule has 0 saturated carbocycles. The molecule has 0 spiro atoms. The van der Waals surface area contributed by atoms with E-state index in [9.17, 15) is 9.90 Å². The van der Waals surface area contributed by atoms with Crippen molar-refractivity contribution >= 4 is 5.97 Å². The van der Waals surface area contributed by atoms with Crippen LogP contribution >= 0.6 is 0 Å². The van der Waals surface area contributed by atoms with E-state index in [-0.39, 0.29) is 25.3 Å². The normalized spacial score (nSPS) is 41.4. The minimum Gasteiger partial charge on any atom is -0.457 e. The second-order valence-electron chi connectivity index (χ2n) is 5.96. The highest BCUT2D eigenvalue weighted by molar-refractivity contribution is 5.75. The van der Waals surface area contributed by atoms with Crippen LogP contribution in [0, 0.1) is 5.41 Å². The molecule has 17 heavy (non-hydrogen) atoms. The molecule has 0 bridgehead atoms. The minimum atomic E-state index is -0.747. The zero-order valence-electron chi connectivity index (χ0n) is 10.7. The number of hydrogen-bond acceptors (Lipinski definition) is 5. The van der Waals surface area contributed by atoms with Crippen LogP contribution in [0.3, 0.4) is 0 Å². The summed E-state index contributed by atoms with van der Waals surface area (Å²) in [6.07, 6.45) is -1.46. The summed E-state index contributed by atoms with van der Waals surface area (Å²) < 4.78 is 16.4. The lowest BCUT2D eigenvalue weighted by atomic mass is 9.94. The zero-order chi connectivity index (χ0) is 12.8. The summed E-state index contributed by atoms with van der Waals surface area (Å²) in [7, 11) is 0. The van der Waals surface area contributed by atoms with Crippen molar-refractivity contribution in [1.82, 2.24) is 0 Å². The van der Waals surface area contributed by atoms with Crippen LogP contribution in [0.1, 0.15) is 27.7 Å². The number of aliphatic hydroxyl groups excluding tert-OH is 1. The molecule has 0 radical (unpaired) electrons. The average molecular weight is 244 g/mol. The van der Waals surface area contributed by atoms with Gasteiger partial charge in [-0.15, -0.1) is 0 Å². The van der Waals surface area contributed by atoms with Gasteiger partial charge in [-0.25, -0.2) is 0 Å². The lowest BCUT2D eigenvalue weighted by Gasteiger charge is -2.26. The lowest BCUT2D eigenvalue weighted by molar-refractivity contribution is -0.163. The van der Waals surface area contributed by atoms with Gasteiger partial charge in [0.05, 0.1) is 18.6 Å². The molecule has 2 unspecified atom stereocenters. The fourth-order valence-corrected chi connectivity index (χ4v) is 2.13. The highest BCUT2D eigenvalue weighted by atomic mass is 16.6. The zero-order valence-corrected chi connectivity index (χ0v) is 10.7. The van der Waals surface area contributed by atoms with Gasteiger partial charge >= 0.3 is 5.97 Å². The Morgan fingerprint density at radius 3 is 2.65 bits per heavy atom. The first-order valence-corrected chi connectivity index (χ1v) is 5.90. The van der Waals surface area contributed by atoms with Crippen molar-refractivity contribution in [3.63, 3.8) is 0 Å². The summed E-state index contributed by atoms with van der Waals surface area (Å²) in [5.74, 6) is -0.277. The fraction of sp³-hybridized carbons (Fsp3) is 0.917. The number of esters is 1. The van der Waals surface area contributed by atoms with Crippen molar-refractivity contribution in [2.75, 3.05) is 13.2 Å². The van der Waals surface area contributed by atoms with Crippen LogP contribution in [0.25, 0.3) is 0 Å². The molecule has 2 saturated heterocycles. The van der Waals surface area contributed by atoms with Gasteiger partial charge in [-0.2, -0.15) is 0 Å². The third-order valence-electron chi connectivity index (χ3n) is 3.43. The number of rotatable bonds is 1. The summed E-state index contributed by atoms with van der Waals surface area (Å²) in [6.45, 7) is 7.70. The average Bonchev–Trinajstić information content (AvgIpc) is 2.66. The molecule has 2 rings (SSSR count). The van der Waals surface area contributed by atoms with E-state index in [4.69, 9.17) is 14.2 Å². The predicted molar refractivity (Wildman–Crippen MR) is 59.4 cm³/mol. The monoisotopic (exact) mass is 244 g/mol. The number of carbonyl (C=O) groups is 1. The highest BCUT2D eigenvalue weighted by Gasteiger charge is 2.58. The number of ether oxygens (including phenoxy) is 3. The predicted octanol–water partition coefficient (Wildman–Crippen LogP) is 0.493. The molecule has 5 nitrogen and oxygen atoms in total. The molecule has 2 fully saturated rings. The SMILES string of the molecule is CC(C)(C)C(=O)OC1CO[C@]2(C)C(O)CO[C@H]12. The Morgan fingerprint density at radius 1 is 1.41 bits per heavy atom. The summed E-state index contributed by atoms with van der Waals surface area (Å²) in [6, 6.07) is 0. The summed E-state index contributed by atoms with van der Waals surface area (Å²) >= 11 is 0. The molecule has 4 atom stereocenters. The summed E-state index contributed by atoms with van der Waals surface area (Å²) in [5, 5.41) is 9.78. The Labute approximate surface area is 101 Å². The quantitative estimate of drug-likeness (QED) is 0.680. The van der Waals surface area contributed by atoms with Crippen LogP contribution < -0.4 is 0 Å². The van der Waals surface area contributed by atoms with E-state index >= 15 is 0 Å². The molecule has 0 aromatic rings. The Kier molecular flexibility index (Phi) is 2.96. The van der Waals surface area contributed by atoms with Crippen molar-refractivity contribution in [3.8, 4) is 0 Å². The molecule has 5 heteroatoms. The largest absolute Gasteiger partial charge is 0.457 e. The second-order valence-corrected chi connectivity index (χ2v) is 5.96. The van der Waals surface area contributed by atoms with Crippen molar-refractivity contribution in [1.29, 1.82) is 0 Å². The third kappa shape index (κ3) is 2.07. The van der Waals surface area contributed by atoms with E-state index in [1.165, 1.54) is 0 Å². The Balaban J connectivity index is 2.04. The molecule has 2 aliphatic heterocycles. The number of carbonyl (C=O) groups excluding carboxylic acids is 1. The standard InChI is InChI=1S/C12H20O5/c1-11(2,3)10(14)17-7-5-16-12(4)8(13)6-15-9(7)12/h7-9,13H,5-6H2,1-4H3/t7?,8?,9-,12-/m1/s1. The van der Waals surface area contributed by atoms with Gasteiger partial charge in [-0.05, 0) is 27.7 Å². The third-order valence-corrected chi connectivity index (χ3v) is 3.43. The first-order chi connectivity index (χ1) is 7.75. The maximum Gasteiger partial charge on any atom is 0.311 e. The van der Waals surface area contributed by atoms with Gasteiger partial charge in [-0.1, -0.05) is 0 Å². The molecule has 1 N–H and O–H groups in total. The van der Waals surface area contributed by atoms with Crippen LogP contribution in [0.4, 0.5) is 0 Å². The maximum absolute atomic E-state index is 11.8. The van der Waals surface area contributed by atoms with Gasteiger partial charge in [0.1, 0.15) is 17.8 Å². The van der Waals surface area contributed by atoms with Crippen molar-refractivity contribution < 1.29 is 24.1 Å². The molecule has 0 aliphatic carbocycles. The highest BCUT2D eigenvalue weighted by Crippen LogP contribution is 2.39. The smallest absolute Gasteiger partial charge is 0.311 e. The molecule has 98 valence electrons. The van der Waals surface area contributed by atoms with Crippen LogP contribution in [0.5, 0.6) is 0 Å².